The number of aliphatic hydroxyl groups excluding tert-OH is 1. The van der Waals surface area contributed by atoms with Crippen LogP contribution < -0.4 is 5.73 Å². The Hall–Kier alpha value is -0.0000000000000000555. The first kappa shape index (κ1) is 13.6. The Labute approximate surface area is 69.0 Å². The predicted octanol–water partition coefficient (Wildman–Crippen LogP) is 0.926. The highest BCUT2D eigenvalue weighted by Gasteiger charge is 2.39. The summed E-state index contributed by atoms with van der Waals surface area (Å²) in [6, 6.07) is -1.21. The monoisotopic (exact) mass is 193 g/mol. The van der Waals surface area contributed by atoms with Crippen LogP contribution in [0.25, 0.3) is 0 Å². The van der Waals surface area contributed by atoms with Gasteiger partial charge in [-0.3, -0.25) is 0 Å². The Balaban J connectivity index is 0. The third-order valence-electron chi connectivity index (χ3n) is 1.37. The van der Waals surface area contributed by atoms with Gasteiger partial charge in [0.05, 0.1) is 12.5 Å². The molecule has 0 aliphatic carbocycles. The lowest BCUT2D eigenvalue weighted by Crippen LogP contribution is -2.40. The van der Waals surface area contributed by atoms with Crippen LogP contribution in [0.4, 0.5) is 13.2 Å². The van der Waals surface area contributed by atoms with Crippen LogP contribution in [0, 0.1) is 5.92 Å². The fourth-order valence-corrected chi connectivity index (χ4v) is 0.401. The van der Waals surface area contributed by atoms with Gasteiger partial charge in [0.15, 0.2) is 0 Å². The van der Waals surface area contributed by atoms with E-state index in [4.69, 9.17) is 10.8 Å². The van der Waals surface area contributed by atoms with Crippen molar-refractivity contribution in [3.8, 4) is 0 Å². The van der Waals surface area contributed by atoms with Gasteiger partial charge in [-0.25, -0.2) is 0 Å². The molecule has 0 fully saturated rings. The molecule has 0 aliphatic heterocycles. The molecule has 0 saturated carbocycles. The second-order valence-corrected chi connectivity index (χ2v) is 2.18. The van der Waals surface area contributed by atoms with Crippen LogP contribution in [-0.4, -0.2) is 23.9 Å². The SMILES string of the molecule is C[C@@H]([C@H](N)CO)C(F)(F)F.Cl. The van der Waals surface area contributed by atoms with Crippen LogP contribution in [0.1, 0.15) is 6.92 Å². The van der Waals surface area contributed by atoms with Crippen LogP contribution in [0.15, 0.2) is 0 Å². The molecule has 0 amide bonds. The van der Waals surface area contributed by atoms with E-state index in [2.05, 4.69) is 0 Å². The summed E-state index contributed by atoms with van der Waals surface area (Å²) in [5.41, 5.74) is 4.93. The maximum absolute atomic E-state index is 11.7. The highest BCUT2D eigenvalue weighted by atomic mass is 35.5. The van der Waals surface area contributed by atoms with Gasteiger partial charge in [0, 0.05) is 6.04 Å². The molecule has 0 radical (unpaired) electrons. The van der Waals surface area contributed by atoms with Crippen molar-refractivity contribution in [1.29, 1.82) is 0 Å². The Morgan fingerprint density at radius 1 is 1.45 bits per heavy atom. The molecule has 0 aromatic rings. The molecular weight excluding hydrogens is 183 g/mol. The number of nitrogens with two attached hydrogens (primary N) is 1. The van der Waals surface area contributed by atoms with Gasteiger partial charge in [-0.15, -0.1) is 12.4 Å². The maximum atomic E-state index is 11.7. The highest BCUT2D eigenvalue weighted by Crippen LogP contribution is 2.27. The number of hydrogen-bond donors (Lipinski definition) is 2. The molecule has 0 rings (SSSR count). The lowest BCUT2D eigenvalue weighted by atomic mass is 10.0. The smallest absolute Gasteiger partial charge is 0.393 e. The normalized spacial score (nSPS) is 16.9. The molecule has 0 aromatic heterocycles. The van der Waals surface area contributed by atoms with Gasteiger partial charge in [-0.1, -0.05) is 6.92 Å². The van der Waals surface area contributed by atoms with E-state index in [0.29, 0.717) is 0 Å². The van der Waals surface area contributed by atoms with Crippen LogP contribution in [-0.2, 0) is 0 Å². The van der Waals surface area contributed by atoms with Crippen molar-refractivity contribution in [2.75, 3.05) is 6.61 Å². The summed E-state index contributed by atoms with van der Waals surface area (Å²) in [4.78, 5) is 0. The summed E-state index contributed by atoms with van der Waals surface area (Å²) in [6.45, 7) is 0.307. The summed E-state index contributed by atoms with van der Waals surface area (Å²) < 4.78 is 35.1. The first-order chi connectivity index (χ1) is 4.39. The summed E-state index contributed by atoms with van der Waals surface area (Å²) in [5.74, 6) is -1.64. The van der Waals surface area contributed by atoms with Crippen molar-refractivity contribution >= 4 is 12.4 Å². The van der Waals surface area contributed by atoms with Crippen molar-refractivity contribution < 1.29 is 18.3 Å². The zero-order valence-electron chi connectivity index (χ0n) is 5.93. The Kier molecular flexibility index (Phi) is 5.92. The maximum Gasteiger partial charge on any atom is 0.393 e. The van der Waals surface area contributed by atoms with Crippen molar-refractivity contribution in [2.24, 2.45) is 11.7 Å². The lowest BCUT2D eigenvalue weighted by Gasteiger charge is -2.20. The minimum atomic E-state index is -4.30. The number of halogens is 4. The van der Waals surface area contributed by atoms with Gasteiger partial charge >= 0.3 is 6.18 Å². The summed E-state index contributed by atoms with van der Waals surface area (Å²) in [6.07, 6.45) is -4.30. The zero-order chi connectivity index (χ0) is 8.36. The van der Waals surface area contributed by atoms with Gasteiger partial charge in [0.25, 0.3) is 0 Å². The molecule has 6 heteroatoms. The van der Waals surface area contributed by atoms with E-state index >= 15 is 0 Å². The first-order valence-electron chi connectivity index (χ1n) is 2.82. The van der Waals surface area contributed by atoms with Crippen LogP contribution in [0.3, 0.4) is 0 Å². The second kappa shape index (κ2) is 4.79. The van der Waals surface area contributed by atoms with Crippen molar-refractivity contribution in [3.05, 3.63) is 0 Å². The third kappa shape index (κ3) is 4.44. The predicted molar refractivity (Wildman–Crippen MR) is 37.5 cm³/mol. The quantitative estimate of drug-likeness (QED) is 0.685. The molecule has 0 aromatic carbocycles. The fraction of sp³-hybridized carbons (Fsp3) is 1.00. The number of alkyl halides is 3. The van der Waals surface area contributed by atoms with Gasteiger partial charge in [-0.2, -0.15) is 13.2 Å². The topological polar surface area (TPSA) is 46.2 Å². The molecule has 2 atom stereocenters. The van der Waals surface area contributed by atoms with Crippen LogP contribution >= 0.6 is 12.4 Å². The Bertz CT molecular complexity index is 108. The van der Waals surface area contributed by atoms with Crippen LogP contribution in [0.5, 0.6) is 0 Å². The molecule has 70 valence electrons. The van der Waals surface area contributed by atoms with E-state index < -0.39 is 24.7 Å². The summed E-state index contributed by atoms with van der Waals surface area (Å²) in [7, 11) is 0. The number of hydrogen-bond acceptors (Lipinski definition) is 2. The second-order valence-electron chi connectivity index (χ2n) is 2.18. The molecule has 0 unspecified atom stereocenters. The summed E-state index contributed by atoms with van der Waals surface area (Å²) >= 11 is 0. The molecule has 11 heavy (non-hydrogen) atoms. The standard InChI is InChI=1S/C5H10F3NO.ClH/c1-3(4(9)2-10)5(6,7)8;/h3-4,10H,2,9H2,1H3;1H/t3-,4+;/m0./s1. The number of rotatable bonds is 2. The van der Waals surface area contributed by atoms with E-state index in [9.17, 15) is 13.2 Å². The van der Waals surface area contributed by atoms with Crippen molar-refractivity contribution in [1.82, 2.24) is 0 Å². The van der Waals surface area contributed by atoms with Gasteiger partial charge in [0.2, 0.25) is 0 Å². The fourth-order valence-electron chi connectivity index (χ4n) is 0.401. The molecule has 0 aliphatic rings. The lowest BCUT2D eigenvalue weighted by molar-refractivity contribution is -0.177. The Morgan fingerprint density at radius 3 is 1.91 bits per heavy atom. The highest BCUT2D eigenvalue weighted by molar-refractivity contribution is 5.85. The van der Waals surface area contributed by atoms with E-state index in [1.165, 1.54) is 0 Å². The average molecular weight is 194 g/mol. The van der Waals surface area contributed by atoms with E-state index in [1.54, 1.807) is 0 Å². The molecule has 2 nitrogen and oxygen atoms in total. The zero-order valence-corrected chi connectivity index (χ0v) is 6.75. The molecular formula is C5H11ClF3NO. The largest absolute Gasteiger partial charge is 0.395 e. The molecule has 0 heterocycles. The molecule has 0 saturated heterocycles. The van der Waals surface area contributed by atoms with E-state index in [-0.39, 0.29) is 12.4 Å². The molecule has 3 N–H and O–H groups in total. The third-order valence-corrected chi connectivity index (χ3v) is 1.37. The minimum absolute atomic E-state index is 0. The molecule has 0 bridgehead atoms. The van der Waals surface area contributed by atoms with Crippen molar-refractivity contribution in [2.45, 2.75) is 19.1 Å². The Morgan fingerprint density at radius 2 is 1.82 bits per heavy atom. The van der Waals surface area contributed by atoms with Gasteiger partial charge in [-0.05, 0) is 0 Å². The van der Waals surface area contributed by atoms with Crippen molar-refractivity contribution in [3.63, 3.8) is 0 Å². The van der Waals surface area contributed by atoms with Gasteiger partial charge < -0.3 is 10.8 Å². The number of aliphatic hydroxyl groups is 1. The van der Waals surface area contributed by atoms with E-state index in [1.807, 2.05) is 0 Å². The first-order valence-corrected chi connectivity index (χ1v) is 2.82. The van der Waals surface area contributed by atoms with Crippen LogP contribution in [0.2, 0.25) is 0 Å². The van der Waals surface area contributed by atoms with E-state index in [0.717, 1.165) is 6.92 Å². The molecule has 0 spiro atoms. The minimum Gasteiger partial charge on any atom is -0.395 e. The summed E-state index contributed by atoms with van der Waals surface area (Å²) in [5, 5.41) is 8.24. The van der Waals surface area contributed by atoms with Gasteiger partial charge in [0.1, 0.15) is 0 Å². The average Bonchev–Trinajstić information content (AvgIpc) is 1.83.